The molecule has 4 aromatic rings. The molecule has 0 aliphatic carbocycles. The molecule has 0 atom stereocenters. The van der Waals surface area contributed by atoms with Crippen LogP contribution in [-0.2, 0) is 12.8 Å². The van der Waals surface area contributed by atoms with Crippen molar-refractivity contribution in [2.75, 3.05) is 0 Å². The van der Waals surface area contributed by atoms with Crippen molar-refractivity contribution in [1.29, 1.82) is 0 Å². The minimum absolute atomic E-state index is 0.802. The van der Waals surface area contributed by atoms with Gasteiger partial charge in [0, 0.05) is 0 Å². The molecule has 0 N–H and O–H groups in total. The van der Waals surface area contributed by atoms with Crippen LogP contribution in [0.25, 0.3) is 30.9 Å². The third kappa shape index (κ3) is 17.5. The van der Waals surface area contributed by atoms with E-state index in [1.165, 1.54) is 193 Å². The van der Waals surface area contributed by atoms with Crippen molar-refractivity contribution >= 4 is 96.2 Å². The average molecular weight is 1070 g/mol. The Hall–Kier alpha value is 0.217. The molecule has 2 heterocycles. The minimum atomic E-state index is -2.31. The molecule has 2 aromatic carbocycles. The second kappa shape index (κ2) is 28.3. The van der Waals surface area contributed by atoms with E-state index in [-0.39, 0.29) is 0 Å². The quantitative estimate of drug-likeness (QED) is 0.0323. The SMILES string of the molecule is CCCCCCCCC(CCCCCCCC)Cc1cc2c[c]([Sn]([CH3])([CH3])[CH3])sc2c2c(CC(CCCCCCCC)CCCCCCCC)cc3c[c]([Sn]([CH3])([CH3])[CH3])sc3c12. The van der Waals surface area contributed by atoms with Gasteiger partial charge in [-0.15, -0.1) is 0 Å². The van der Waals surface area contributed by atoms with Gasteiger partial charge in [0.15, 0.2) is 0 Å². The molecule has 0 saturated heterocycles. The molecule has 0 amide bonds. The molecule has 2 aromatic heterocycles. The van der Waals surface area contributed by atoms with Crippen LogP contribution in [0.2, 0.25) is 29.6 Å². The first kappa shape index (κ1) is 52.8. The van der Waals surface area contributed by atoms with E-state index in [1.54, 1.807) is 47.9 Å². The molecular weight excluding hydrogens is 974 g/mol. The Kier molecular flexibility index (Phi) is 24.9. The summed E-state index contributed by atoms with van der Waals surface area (Å²) in [6.45, 7) is 9.42. The molecule has 0 saturated carbocycles. The van der Waals surface area contributed by atoms with E-state index in [0.717, 1.165) is 11.8 Å². The van der Waals surface area contributed by atoms with E-state index >= 15 is 0 Å². The number of fused-ring (bicyclic) bond motifs is 5. The predicted molar refractivity (Wildman–Crippen MR) is 287 cm³/mol. The second-order valence-electron chi connectivity index (χ2n) is 21.7. The van der Waals surface area contributed by atoms with Crippen LogP contribution < -0.4 is 5.79 Å². The summed E-state index contributed by atoms with van der Waals surface area (Å²) >= 11 is -0.144. The summed E-state index contributed by atoms with van der Waals surface area (Å²) in [7, 11) is 0. The van der Waals surface area contributed by atoms with Crippen molar-refractivity contribution in [3.63, 3.8) is 0 Å². The van der Waals surface area contributed by atoms with Crippen LogP contribution in [0, 0.1) is 11.8 Å². The van der Waals surface area contributed by atoms with E-state index < -0.39 is 36.8 Å². The number of rotatable bonds is 34. The molecular formula is C56H96S2Sn2. The first-order chi connectivity index (χ1) is 28.9. The fraction of sp³-hybridized carbons (Fsp3) is 0.750. The molecule has 0 spiro atoms. The molecule has 60 heavy (non-hydrogen) atoms. The Balaban J connectivity index is 1.84. The maximum absolute atomic E-state index is 2.78. The summed E-state index contributed by atoms with van der Waals surface area (Å²) in [5.41, 5.74) is 3.45. The molecule has 4 rings (SSSR count). The summed E-state index contributed by atoms with van der Waals surface area (Å²) in [6.07, 6.45) is 42.1. The van der Waals surface area contributed by atoms with Gasteiger partial charge in [0.25, 0.3) is 0 Å². The Bertz CT molecular complexity index is 1600. The van der Waals surface area contributed by atoms with Crippen LogP contribution in [-0.4, -0.2) is 36.8 Å². The van der Waals surface area contributed by atoms with Gasteiger partial charge in [-0.2, -0.15) is 0 Å². The molecule has 340 valence electrons. The van der Waals surface area contributed by atoms with E-state index in [4.69, 9.17) is 0 Å². The van der Waals surface area contributed by atoms with Crippen LogP contribution in [0.15, 0.2) is 24.3 Å². The van der Waals surface area contributed by atoms with Gasteiger partial charge >= 0.3 is 314 Å². The van der Waals surface area contributed by atoms with Crippen LogP contribution >= 0.6 is 22.7 Å². The standard InChI is InChI=1S/C50H78S2.6CH3.2Sn/c1-5-9-13-17-21-25-29-41(30-26-22-18-14-10-6-2)37-45-39-43-33-35-52-50(43)48-46(40-44-34-36-51-49(44)47(45)48)38-42(31-27-23-19-15-11-7-3)32-28-24-20-16-12-8-4;;;;;;;;/h33-34,39-42H,5-32,37-38H2,1-4H3;6*1H3;;. The number of hydrogen-bond acceptors (Lipinski definition) is 2. The summed E-state index contributed by atoms with van der Waals surface area (Å²) in [4.78, 5) is 15.9. The molecule has 0 unspecified atom stereocenters. The second-order valence-corrected chi connectivity index (χ2v) is 54.7. The number of thiophene rings is 2. The molecule has 0 fully saturated rings. The van der Waals surface area contributed by atoms with Gasteiger partial charge < -0.3 is 0 Å². The van der Waals surface area contributed by atoms with E-state index in [2.05, 4.69) is 104 Å². The Morgan fingerprint density at radius 1 is 0.367 bits per heavy atom. The Morgan fingerprint density at radius 3 is 0.900 bits per heavy atom. The molecule has 0 nitrogen and oxygen atoms in total. The zero-order valence-corrected chi connectivity index (χ0v) is 48.8. The van der Waals surface area contributed by atoms with Crippen molar-refractivity contribution in [2.45, 2.75) is 250 Å². The summed E-state index contributed by atoms with van der Waals surface area (Å²) < 4.78 is 6.85. The fourth-order valence-corrected chi connectivity index (χ4v) is 22.9. The van der Waals surface area contributed by atoms with E-state index in [0.29, 0.717) is 0 Å². The average Bonchev–Trinajstić information content (AvgIpc) is 3.85. The summed E-state index contributed by atoms with van der Waals surface area (Å²) in [5, 5.41) is 6.62. The molecule has 0 radical (unpaired) electrons. The van der Waals surface area contributed by atoms with Crippen molar-refractivity contribution in [2.24, 2.45) is 11.8 Å². The van der Waals surface area contributed by atoms with Gasteiger partial charge in [-0.3, -0.25) is 0 Å². The summed E-state index contributed by atoms with van der Waals surface area (Å²) in [6, 6.07) is 11.0. The number of unbranched alkanes of at least 4 members (excludes halogenated alkanes) is 20. The zero-order chi connectivity index (χ0) is 43.4. The van der Waals surface area contributed by atoms with Gasteiger partial charge in [0.1, 0.15) is 0 Å². The normalized spacial score (nSPS) is 12.8. The fourth-order valence-electron chi connectivity index (χ4n) is 10.0. The van der Waals surface area contributed by atoms with E-state index in [1.807, 2.05) is 0 Å². The van der Waals surface area contributed by atoms with Crippen LogP contribution in [0.1, 0.15) is 219 Å². The van der Waals surface area contributed by atoms with E-state index in [9.17, 15) is 0 Å². The Labute approximate surface area is 389 Å². The van der Waals surface area contributed by atoms with Crippen LogP contribution in [0.5, 0.6) is 0 Å². The van der Waals surface area contributed by atoms with Crippen molar-refractivity contribution < 1.29 is 0 Å². The van der Waals surface area contributed by atoms with Gasteiger partial charge in [-0.25, -0.2) is 0 Å². The number of benzene rings is 2. The Morgan fingerprint density at radius 2 is 0.633 bits per heavy atom. The zero-order valence-electron chi connectivity index (χ0n) is 41.5. The molecule has 0 bridgehead atoms. The third-order valence-corrected chi connectivity index (χ3v) is 35.1. The first-order valence-electron chi connectivity index (χ1n) is 26.4. The van der Waals surface area contributed by atoms with Gasteiger partial charge in [-0.1, -0.05) is 79.1 Å². The van der Waals surface area contributed by atoms with Crippen molar-refractivity contribution in [3.8, 4) is 0 Å². The monoisotopic (exact) mass is 1070 g/mol. The molecule has 0 aliphatic rings. The van der Waals surface area contributed by atoms with Gasteiger partial charge in [0.05, 0.1) is 0 Å². The molecule has 0 aliphatic heterocycles. The van der Waals surface area contributed by atoms with Crippen LogP contribution in [0.4, 0.5) is 0 Å². The third-order valence-electron chi connectivity index (χ3n) is 13.9. The molecule has 4 heteroatoms. The number of hydrogen-bond donors (Lipinski definition) is 0. The predicted octanol–water partition coefficient (Wildman–Crippen LogP) is 19.7. The topological polar surface area (TPSA) is 0 Å². The maximum atomic E-state index is 2.78. The van der Waals surface area contributed by atoms with Crippen molar-refractivity contribution in [3.05, 3.63) is 35.4 Å². The summed E-state index contributed by atoms with van der Waals surface area (Å²) in [5.74, 6) is 1.60. The first-order valence-corrected chi connectivity index (χ1v) is 48.0. The van der Waals surface area contributed by atoms with Crippen molar-refractivity contribution in [1.82, 2.24) is 0 Å². The van der Waals surface area contributed by atoms with Gasteiger partial charge in [0.2, 0.25) is 0 Å². The van der Waals surface area contributed by atoms with Crippen LogP contribution in [0.3, 0.4) is 0 Å². The van der Waals surface area contributed by atoms with Gasteiger partial charge in [-0.05, 0) is 0 Å².